The zero-order valence-corrected chi connectivity index (χ0v) is 41.5. The van der Waals surface area contributed by atoms with Gasteiger partial charge in [0.2, 0.25) is 0 Å². The van der Waals surface area contributed by atoms with E-state index in [1.807, 2.05) is 62.3 Å². The highest BCUT2D eigenvalue weighted by Crippen LogP contribution is 2.45. The van der Waals surface area contributed by atoms with E-state index in [0.717, 1.165) is 0 Å². The highest BCUT2D eigenvalue weighted by atomic mass is 16.3. The first-order valence-corrected chi connectivity index (χ1v) is 22.4. The summed E-state index contributed by atoms with van der Waals surface area (Å²) in [6.07, 6.45) is 0.182. The standard InChI is InChI=1S/C54H75N3O6/c1-49(2,3)34-25-31(19-22-40(34)58)43(61)28-37(52(10,11)12)46-55-47(38(53(13,14)15)29-44(62)32-20-23-41(59)35(26-32)50(4,5)6)57-48(56-46)39(54(16,17)18)30-45(63)33-21-24-42(60)36(27-33)51(7,8)9/h19-27,37-39,58-60H,28-30H2,1-18H3. The van der Waals surface area contributed by atoms with Crippen LogP contribution in [0.2, 0.25) is 0 Å². The van der Waals surface area contributed by atoms with Gasteiger partial charge in [-0.25, -0.2) is 15.0 Å². The van der Waals surface area contributed by atoms with Gasteiger partial charge >= 0.3 is 0 Å². The normalized spacial score (nSPS) is 14.6. The van der Waals surface area contributed by atoms with Crippen LogP contribution in [-0.2, 0) is 16.2 Å². The van der Waals surface area contributed by atoms with E-state index in [9.17, 15) is 29.7 Å². The van der Waals surface area contributed by atoms with Gasteiger partial charge in [0, 0.05) is 53.7 Å². The van der Waals surface area contributed by atoms with Gasteiger partial charge in [-0.05, 0) is 104 Å². The number of nitrogens with zero attached hydrogens (tertiary/aromatic N) is 3. The molecular weight excluding hydrogens is 787 g/mol. The van der Waals surface area contributed by atoms with E-state index < -0.39 is 50.2 Å². The predicted molar refractivity (Wildman–Crippen MR) is 254 cm³/mol. The molecule has 0 bridgehead atoms. The Morgan fingerprint density at radius 1 is 0.397 bits per heavy atom. The van der Waals surface area contributed by atoms with Crippen molar-refractivity contribution in [2.75, 3.05) is 0 Å². The van der Waals surface area contributed by atoms with E-state index in [-0.39, 0.29) is 53.9 Å². The first-order valence-electron chi connectivity index (χ1n) is 22.4. The molecule has 1 heterocycles. The van der Waals surface area contributed by atoms with Crippen LogP contribution in [0.4, 0.5) is 0 Å². The lowest BCUT2D eigenvalue weighted by Crippen LogP contribution is -2.31. The number of benzene rings is 3. The molecule has 9 heteroatoms. The fourth-order valence-electron chi connectivity index (χ4n) is 8.09. The van der Waals surface area contributed by atoms with Crippen LogP contribution >= 0.6 is 0 Å². The number of aromatic nitrogens is 3. The quantitative estimate of drug-likeness (QED) is 0.118. The average molecular weight is 862 g/mol. The maximum atomic E-state index is 14.4. The van der Waals surface area contributed by atoms with Crippen LogP contribution in [0.15, 0.2) is 54.6 Å². The van der Waals surface area contributed by atoms with Gasteiger partial charge in [-0.1, -0.05) is 125 Å². The molecule has 4 aromatic rings. The first-order chi connectivity index (χ1) is 28.5. The summed E-state index contributed by atoms with van der Waals surface area (Å²) in [5.41, 5.74) is 0.670. The number of carbonyl (C=O) groups is 3. The van der Waals surface area contributed by atoms with Crippen molar-refractivity contribution in [1.29, 1.82) is 0 Å². The molecule has 342 valence electrons. The smallest absolute Gasteiger partial charge is 0.163 e. The Morgan fingerprint density at radius 2 is 0.603 bits per heavy atom. The highest BCUT2D eigenvalue weighted by Gasteiger charge is 2.39. The molecule has 0 aliphatic carbocycles. The van der Waals surface area contributed by atoms with Crippen molar-refractivity contribution in [2.45, 2.75) is 178 Å². The Hall–Kier alpha value is -4.92. The number of Topliss-reactive ketones (excluding diaryl/α,β-unsaturated/α-hetero) is 3. The molecule has 4 rings (SSSR count). The average Bonchev–Trinajstić information content (AvgIpc) is 3.12. The first kappa shape index (κ1) is 50.7. The van der Waals surface area contributed by atoms with Gasteiger partial charge in [0.15, 0.2) is 17.3 Å². The lowest BCUT2D eigenvalue weighted by Gasteiger charge is -2.34. The number of phenols is 3. The molecule has 3 unspecified atom stereocenters. The molecule has 63 heavy (non-hydrogen) atoms. The third-order valence-corrected chi connectivity index (χ3v) is 12.3. The van der Waals surface area contributed by atoms with Crippen molar-refractivity contribution in [1.82, 2.24) is 15.0 Å². The van der Waals surface area contributed by atoms with Crippen molar-refractivity contribution in [3.8, 4) is 17.2 Å². The van der Waals surface area contributed by atoms with E-state index >= 15 is 0 Å². The number of carbonyl (C=O) groups excluding carboxylic acids is 3. The molecule has 0 fully saturated rings. The monoisotopic (exact) mass is 862 g/mol. The van der Waals surface area contributed by atoms with Crippen LogP contribution < -0.4 is 0 Å². The van der Waals surface area contributed by atoms with Crippen LogP contribution in [0.5, 0.6) is 17.2 Å². The number of aromatic hydroxyl groups is 3. The zero-order valence-electron chi connectivity index (χ0n) is 41.5. The molecule has 0 spiro atoms. The molecule has 0 amide bonds. The Labute approximate surface area is 377 Å². The maximum Gasteiger partial charge on any atom is 0.163 e. The largest absolute Gasteiger partial charge is 0.508 e. The van der Waals surface area contributed by atoms with Gasteiger partial charge in [-0.2, -0.15) is 0 Å². The second-order valence-electron chi connectivity index (χ2n) is 24.0. The molecule has 3 aromatic carbocycles. The summed E-state index contributed by atoms with van der Waals surface area (Å²) in [4.78, 5) is 58.9. The zero-order chi connectivity index (χ0) is 48.0. The fourth-order valence-corrected chi connectivity index (χ4v) is 8.09. The van der Waals surface area contributed by atoms with Crippen molar-refractivity contribution >= 4 is 17.3 Å². The van der Waals surface area contributed by atoms with Gasteiger partial charge in [0.05, 0.1) is 0 Å². The molecule has 0 saturated heterocycles. The topological polar surface area (TPSA) is 151 Å². The number of ketones is 3. The third-order valence-electron chi connectivity index (χ3n) is 12.3. The molecule has 3 N–H and O–H groups in total. The molecule has 9 nitrogen and oxygen atoms in total. The van der Waals surface area contributed by atoms with Crippen molar-refractivity contribution in [3.05, 3.63) is 105 Å². The van der Waals surface area contributed by atoms with Crippen LogP contribution in [0, 0.1) is 16.2 Å². The second kappa shape index (κ2) is 17.9. The number of hydrogen-bond acceptors (Lipinski definition) is 9. The molecule has 0 saturated carbocycles. The van der Waals surface area contributed by atoms with E-state index in [1.54, 1.807) is 54.6 Å². The van der Waals surface area contributed by atoms with Gasteiger partial charge in [0.25, 0.3) is 0 Å². The Kier molecular flexibility index (Phi) is 14.4. The molecule has 1 aromatic heterocycles. The Morgan fingerprint density at radius 3 is 0.778 bits per heavy atom. The minimum absolute atomic E-state index is 0.0607. The summed E-state index contributed by atoms with van der Waals surface area (Å²) < 4.78 is 0. The Bertz CT molecular complexity index is 2060. The van der Waals surface area contributed by atoms with Gasteiger partial charge in [0.1, 0.15) is 34.7 Å². The molecule has 3 atom stereocenters. The van der Waals surface area contributed by atoms with Gasteiger partial charge in [-0.15, -0.1) is 0 Å². The third kappa shape index (κ3) is 12.4. The summed E-state index contributed by atoms with van der Waals surface area (Å²) in [6.45, 7) is 36.4. The number of phenolic OH excluding ortho intramolecular Hbond substituents is 3. The van der Waals surface area contributed by atoms with Crippen molar-refractivity contribution in [3.63, 3.8) is 0 Å². The van der Waals surface area contributed by atoms with E-state index in [1.165, 1.54) is 0 Å². The minimum Gasteiger partial charge on any atom is -0.508 e. The fraction of sp³-hybridized carbons (Fsp3) is 0.556. The lowest BCUT2D eigenvalue weighted by molar-refractivity contribution is 0.0944. The number of rotatable bonds is 12. The van der Waals surface area contributed by atoms with Crippen LogP contribution in [-0.4, -0.2) is 47.6 Å². The molecular formula is C54H75N3O6. The Balaban J connectivity index is 1.97. The predicted octanol–water partition coefficient (Wildman–Crippen LogP) is 13.1. The summed E-state index contributed by atoms with van der Waals surface area (Å²) in [5, 5.41) is 32.2. The maximum absolute atomic E-state index is 14.4. The van der Waals surface area contributed by atoms with Gasteiger partial charge < -0.3 is 15.3 Å². The van der Waals surface area contributed by atoms with Crippen molar-refractivity contribution < 1.29 is 29.7 Å². The summed E-state index contributed by atoms with van der Waals surface area (Å²) >= 11 is 0. The van der Waals surface area contributed by atoms with Crippen LogP contribution in [0.3, 0.4) is 0 Å². The summed E-state index contributed by atoms with van der Waals surface area (Å²) in [7, 11) is 0. The highest BCUT2D eigenvalue weighted by molar-refractivity contribution is 5.98. The van der Waals surface area contributed by atoms with E-state index in [0.29, 0.717) is 50.9 Å². The minimum atomic E-state index is -0.528. The summed E-state index contributed by atoms with van der Waals surface area (Å²) in [5.74, 6) is -0.286. The van der Waals surface area contributed by atoms with Crippen molar-refractivity contribution in [2.24, 2.45) is 16.2 Å². The molecule has 0 aliphatic heterocycles. The summed E-state index contributed by atoms with van der Waals surface area (Å²) in [6, 6.07) is 15.0. The second-order valence-corrected chi connectivity index (χ2v) is 24.0. The molecule has 0 radical (unpaired) electrons. The van der Waals surface area contributed by atoms with Crippen LogP contribution in [0.1, 0.15) is 227 Å². The van der Waals surface area contributed by atoms with E-state index in [2.05, 4.69) is 62.3 Å². The van der Waals surface area contributed by atoms with Gasteiger partial charge in [-0.3, -0.25) is 14.4 Å². The lowest BCUT2D eigenvalue weighted by atomic mass is 9.74. The SMILES string of the molecule is CC(C)(C)c1cc(C(=O)CC(c2nc(C(CC(=O)c3ccc(O)c(C(C)(C)C)c3)C(C)(C)C)nc(C(CC(=O)c3ccc(O)c(C(C)(C)C)c3)C(C)(C)C)n2)C(C)(C)C)ccc1O. The van der Waals surface area contributed by atoms with E-state index in [4.69, 9.17) is 15.0 Å². The number of hydrogen-bond donors (Lipinski definition) is 3. The molecule has 0 aliphatic rings. The van der Waals surface area contributed by atoms with Crippen LogP contribution in [0.25, 0.3) is 0 Å².